The number of hydrogen-bond acceptors (Lipinski definition) is 5. The SMILES string of the molecule is CC(=O)Oc1c(-c2ccc(NC(=O)c3cccs3)cc2)c(-c2cccc(C)c2)nn1-c1cccc(C)c1C. The van der Waals surface area contributed by atoms with Crippen LogP contribution >= 0.6 is 11.3 Å². The third-order valence-electron chi connectivity index (χ3n) is 6.36. The van der Waals surface area contributed by atoms with Gasteiger partial charge in [0, 0.05) is 18.2 Å². The number of aromatic nitrogens is 2. The molecule has 38 heavy (non-hydrogen) atoms. The molecule has 0 saturated carbocycles. The van der Waals surface area contributed by atoms with Crippen molar-refractivity contribution in [2.75, 3.05) is 5.32 Å². The predicted molar refractivity (Wildman–Crippen MR) is 152 cm³/mol. The van der Waals surface area contributed by atoms with Crippen molar-refractivity contribution in [2.24, 2.45) is 0 Å². The zero-order chi connectivity index (χ0) is 26.8. The fraction of sp³-hybridized carbons (Fsp3) is 0.129. The van der Waals surface area contributed by atoms with Crippen LogP contribution in [0.3, 0.4) is 0 Å². The maximum atomic E-state index is 12.5. The number of hydrogen-bond donors (Lipinski definition) is 1. The minimum Gasteiger partial charge on any atom is -0.407 e. The first-order valence-corrected chi connectivity index (χ1v) is 13.1. The Kier molecular flexibility index (Phi) is 6.94. The van der Waals surface area contributed by atoms with E-state index < -0.39 is 5.97 Å². The van der Waals surface area contributed by atoms with Crippen LogP contribution < -0.4 is 10.1 Å². The molecule has 0 bridgehead atoms. The molecule has 5 rings (SSSR count). The van der Waals surface area contributed by atoms with E-state index in [-0.39, 0.29) is 5.91 Å². The first kappa shape index (κ1) is 25.2. The molecule has 0 unspecified atom stereocenters. The fourth-order valence-electron chi connectivity index (χ4n) is 4.34. The topological polar surface area (TPSA) is 73.2 Å². The van der Waals surface area contributed by atoms with Crippen LogP contribution in [0.5, 0.6) is 5.88 Å². The van der Waals surface area contributed by atoms with Gasteiger partial charge < -0.3 is 10.1 Å². The summed E-state index contributed by atoms with van der Waals surface area (Å²) < 4.78 is 7.56. The number of thiophene rings is 1. The number of esters is 1. The van der Waals surface area contributed by atoms with E-state index in [1.54, 1.807) is 10.7 Å². The Morgan fingerprint density at radius 1 is 0.895 bits per heavy atom. The van der Waals surface area contributed by atoms with E-state index in [0.29, 0.717) is 27.7 Å². The summed E-state index contributed by atoms with van der Waals surface area (Å²) in [5.74, 6) is -0.247. The van der Waals surface area contributed by atoms with E-state index in [4.69, 9.17) is 9.84 Å². The molecule has 190 valence electrons. The molecule has 1 amide bonds. The van der Waals surface area contributed by atoms with Gasteiger partial charge in [0.25, 0.3) is 5.91 Å². The van der Waals surface area contributed by atoms with Crippen molar-refractivity contribution in [3.63, 3.8) is 0 Å². The first-order valence-electron chi connectivity index (χ1n) is 12.2. The quantitative estimate of drug-likeness (QED) is 0.237. The van der Waals surface area contributed by atoms with Gasteiger partial charge in [0.2, 0.25) is 5.88 Å². The average Bonchev–Trinajstić information content (AvgIpc) is 3.55. The standard InChI is InChI=1S/C31H27N3O3S/c1-19-8-5-10-24(18-19)29-28(23-13-15-25(16-14-23)32-30(36)27-12-7-17-38-27)31(37-22(4)35)34(33-29)26-11-6-9-20(2)21(26)3/h5-18H,1-4H3,(H,32,36). The number of amides is 1. The van der Waals surface area contributed by atoms with Gasteiger partial charge in [-0.3, -0.25) is 9.59 Å². The molecule has 0 aliphatic carbocycles. The molecule has 6 nitrogen and oxygen atoms in total. The Balaban J connectivity index is 1.67. The van der Waals surface area contributed by atoms with Crippen molar-refractivity contribution in [3.05, 3.63) is 106 Å². The van der Waals surface area contributed by atoms with Gasteiger partial charge in [-0.1, -0.05) is 54.1 Å². The number of carbonyl (C=O) groups excluding carboxylic acids is 2. The molecular weight excluding hydrogens is 494 g/mol. The van der Waals surface area contributed by atoms with Gasteiger partial charge in [-0.05, 0) is 73.2 Å². The van der Waals surface area contributed by atoms with Gasteiger partial charge in [-0.25, -0.2) is 0 Å². The monoisotopic (exact) mass is 521 g/mol. The van der Waals surface area contributed by atoms with Crippen LogP contribution in [0.25, 0.3) is 28.1 Å². The van der Waals surface area contributed by atoms with Gasteiger partial charge in [0.15, 0.2) is 0 Å². The molecule has 3 aromatic carbocycles. The van der Waals surface area contributed by atoms with Gasteiger partial charge in [-0.15, -0.1) is 11.3 Å². The molecule has 5 aromatic rings. The highest BCUT2D eigenvalue weighted by atomic mass is 32.1. The zero-order valence-corrected chi connectivity index (χ0v) is 22.4. The molecule has 2 aromatic heterocycles. The van der Waals surface area contributed by atoms with E-state index in [2.05, 4.69) is 11.4 Å². The van der Waals surface area contributed by atoms with Crippen molar-refractivity contribution in [1.82, 2.24) is 9.78 Å². The van der Waals surface area contributed by atoms with E-state index in [1.165, 1.54) is 18.3 Å². The van der Waals surface area contributed by atoms with Crippen LogP contribution in [0.1, 0.15) is 33.3 Å². The van der Waals surface area contributed by atoms with E-state index in [9.17, 15) is 9.59 Å². The van der Waals surface area contributed by atoms with Crippen LogP contribution in [-0.2, 0) is 4.79 Å². The maximum Gasteiger partial charge on any atom is 0.309 e. The minimum absolute atomic E-state index is 0.156. The highest BCUT2D eigenvalue weighted by molar-refractivity contribution is 7.12. The second-order valence-corrected chi connectivity index (χ2v) is 10.1. The summed E-state index contributed by atoms with van der Waals surface area (Å²) in [6.45, 7) is 7.49. The second-order valence-electron chi connectivity index (χ2n) is 9.13. The van der Waals surface area contributed by atoms with Crippen LogP contribution in [0.4, 0.5) is 5.69 Å². The molecule has 0 aliphatic heterocycles. The number of nitrogens with one attached hydrogen (secondary N) is 1. The first-order chi connectivity index (χ1) is 18.3. The van der Waals surface area contributed by atoms with E-state index in [1.807, 2.05) is 92.9 Å². The van der Waals surface area contributed by atoms with Crippen LogP contribution in [0.2, 0.25) is 0 Å². The largest absolute Gasteiger partial charge is 0.407 e. The van der Waals surface area contributed by atoms with Crippen molar-refractivity contribution in [2.45, 2.75) is 27.7 Å². The van der Waals surface area contributed by atoms with Crippen molar-refractivity contribution < 1.29 is 14.3 Å². The number of anilines is 1. The average molecular weight is 522 g/mol. The van der Waals surface area contributed by atoms with Crippen molar-refractivity contribution in [1.29, 1.82) is 0 Å². The molecular formula is C31H27N3O3S. The summed E-state index contributed by atoms with van der Waals surface area (Å²) in [6, 6.07) is 25.2. The van der Waals surface area contributed by atoms with Crippen LogP contribution in [0.15, 0.2) is 84.2 Å². The van der Waals surface area contributed by atoms with Gasteiger partial charge >= 0.3 is 5.97 Å². The number of ether oxygens (including phenoxy) is 1. The summed E-state index contributed by atoms with van der Waals surface area (Å²) in [5, 5.41) is 9.80. The van der Waals surface area contributed by atoms with E-state index in [0.717, 1.165) is 33.5 Å². The molecule has 0 aliphatic rings. The smallest absolute Gasteiger partial charge is 0.309 e. The lowest BCUT2D eigenvalue weighted by atomic mass is 10.00. The summed E-state index contributed by atoms with van der Waals surface area (Å²) in [4.78, 5) is 25.5. The number of aryl methyl sites for hydroxylation is 2. The summed E-state index contributed by atoms with van der Waals surface area (Å²) in [6.07, 6.45) is 0. The third-order valence-corrected chi connectivity index (χ3v) is 7.22. The number of benzene rings is 3. The van der Waals surface area contributed by atoms with Crippen LogP contribution in [0, 0.1) is 20.8 Å². The Morgan fingerprint density at radius 3 is 2.34 bits per heavy atom. The lowest BCUT2D eigenvalue weighted by Crippen LogP contribution is -2.10. The molecule has 0 spiro atoms. The summed E-state index contributed by atoms with van der Waals surface area (Å²) >= 11 is 1.39. The summed E-state index contributed by atoms with van der Waals surface area (Å²) in [7, 11) is 0. The minimum atomic E-state index is -0.437. The number of rotatable bonds is 6. The molecule has 0 atom stereocenters. The Morgan fingerprint density at radius 2 is 1.66 bits per heavy atom. The lowest BCUT2D eigenvalue weighted by molar-refractivity contribution is -0.132. The van der Waals surface area contributed by atoms with Gasteiger partial charge in [0.1, 0.15) is 5.69 Å². The molecule has 0 saturated heterocycles. The van der Waals surface area contributed by atoms with Gasteiger partial charge in [-0.2, -0.15) is 9.78 Å². The highest BCUT2D eigenvalue weighted by Gasteiger charge is 2.25. The number of nitrogens with zero attached hydrogens (tertiary/aromatic N) is 2. The molecule has 7 heteroatoms. The van der Waals surface area contributed by atoms with Gasteiger partial charge in [0.05, 0.1) is 16.1 Å². The Hall–Kier alpha value is -4.49. The Bertz CT molecular complexity index is 1630. The van der Waals surface area contributed by atoms with Crippen molar-refractivity contribution >= 4 is 28.9 Å². The predicted octanol–water partition coefficient (Wildman–Crippen LogP) is 7.37. The number of carbonyl (C=O) groups is 2. The second kappa shape index (κ2) is 10.5. The molecule has 0 fully saturated rings. The normalized spacial score (nSPS) is 10.8. The molecule has 1 N–H and O–H groups in total. The highest BCUT2D eigenvalue weighted by Crippen LogP contribution is 2.42. The van der Waals surface area contributed by atoms with Crippen LogP contribution in [-0.4, -0.2) is 21.7 Å². The summed E-state index contributed by atoms with van der Waals surface area (Å²) in [5.41, 5.74) is 7.85. The molecule has 0 radical (unpaired) electrons. The fourth-order valence-corrected chi connectivity index (χ4v) is 4.96. The van der Waals surface area contributed by atoms with E-state index >= 15 is 0 Å². The van der Waals surface area contributed by atoms with Crippen molar-refractivity contribution in [3.8, 4) is 34.0 Å². The Labute approximate surface area is 225 Å². The maximum absolute atomic E-state index is 12.5. The lowest BCUT2D eigenvalue weighted by Gasteiger charge is -2.13. The third kappa shape index (κ3) is 5.01. The zero-order valence-electron chi connectivity index (χ0n) is 21.6. The molecule has 2 heterocycles.